The summed E-state index contributed by atoms with van der Waals surface area (Å²) in [5.41, 5.74) is 3.65. The highest BCUT2D eigenvalue weighted by Gasteiger charge is 2.19. The van der Waals surface area contributed by atoms with Gasteiger partial charge in [0.15, 0.2) is 0 Å². The van der Waals surface area contributed by atoms with Gasteiger partial charge in [-0.05, 0) is 42.2 Å². The highest BCUT2D eigenvalue weighted by atomic mass is 35.5. The van der Waals surface area contributed by atoms with Crippen LogP contribution in [0.3, 0.4) is 0 Å². The van der Waals surface area contributed by atoms with Crippen molar-refractivity contribution >= 4 is 29.1 Å². The Hall–Kier alpha value is -1.55. The molecule has 5 heteroatoms. The largest absolute Gasteiger partial charge is 0.348 e. The fourth-order valence-corrected chi connectivity index (χ4v) is 3.35. The van der Waals surface area contributed by atoms with E-state index in [0.717, 1.165) is 25.1 Å². The smallest absolute Gasteiger partial charge is 0.234 e. The lowest BCUT2D eigenvalue weighted by molar-refractivity contribution is -0.123. The number of nitrogens with one attached hydrogen (secondary N) is 1. The van der Waals surface area contributed by atoms with Crippen LogP contribution in [0.2, 0.25) is 10.0 Å². The van der Waals surface area contributed by atoms with E-state index in [0.29, 0.717) is 16.6 Å². The highest BCUT2D eigenvalue weighted by Crippen LogP contribution is 2.25. The Labute approximate surface area is 152 Å². The van der Waals surface area contributed by atoms with Crippen LogP contribution in [-0.2, 0) is 17.8 Å². The van der Waals surface area contributed by atoms with E-state index in [9.17, 15) is 4.79 Å². The SMILES string of the molecule is C[C@@H](NC(=O)CN1CCc2ccccc2C1)c1ccc(Cl)c(Cl)c1. The van der Waals surface area contributed by atoms with Gasteiger partial charge in [0.05, 0.1) is 22.6 Å². The van der Waals surface area contributed by atoms with Crippen molar-refractivity contribution in [2.24, 2.45) is 0 Å². The van der Waals surface area contributed by atoms with E-state index in [1.807, 2.05) is 13.0 Å². The van der Waals surface area contributed by atoms with Crippen LogP contribution in [0.5, 0.6) is 0 Å². The van der Waals surface area contributed by atoms with E-state index >= 15 is 0 Å². The highest BCUT2D eigenvalue weighted by molar-refractivity contribution is 6.42. The second-order valence-electron chi connectivity index (χ2n) is 6.19. The van der Waals surface area contributed by atoms with Gasteiger partial charge in [0.2, 0.25) is 5.91 Å². The maximum absolute atomic E-state index is 12.3. The lowest BCUT2D eigenvalue weighted by atomic mass is 10.00. The summed E-state index contributed by atoms with van der Waals surface area (Å²) in [6.07, 6.45) is 0.992. The van der Waals surface area contributed by atoms with Gasteiger partial charge >= 0.3 is 0 Å². The zero-order chi connectivity index (χ0) is 17.1. The van der Waals surface area contributed by atoms with Crippen LogP contribution in [0.15, 0.2) is 42.5 Å². The van der Waals surface area contributed by atoms with Crippen molar-refractivity contribution in [1.82, 2.24) is 10.2 Å². The van der Waals surface area contributed by atoms with Gasteiger partial charge in [0.1, 0.15) is 0 Å². The van der Waals surface area contributed by atoms with Crippen molar-refractivity contribution in [2.45, 2.75) is 25.9 Å². The van der Waals surface area contributed by atoms with Gasteiger partial charge in [-0.25, -0.2) is 0 Å². The Morgan fingerprint density at radius 2 is 1.92 bits per heavy atom. The van der Waals surface area contributed by atoms with Gasteiger partial charge in [-0.3, -0.25) is 9.69 Å². The number of carbonyl (C=O) groups is 1. The van der Waals surface area contributed by atoms with Crippen molar-refractivity contribution in [1.29, 1.82) is 0 Å². The van der Waals surface area contributed by atoms with Crippen LogP contribution < -0.4 is 5.32 Å². The Morgan fingerprint density at radius 1 is 1.17 bits per heavy atom. The summed E-state index contributed by atoms with van der Waals surface area (Å²) in [5.74, 6) is 0.0213. The first kappa shape index (κ1) is 17.3. The molecule has 0 aromatic heterocycles. The van der Waals surface area contributed by atoms with E-state index in [4.69, 9.17) is 23.2 Å². The molecule has 0 spiro atoms. The van der Waals surface area contributed by atoms with Gasteiger partial charge in [-0.1, -0.05) is 53.5 Å². The molecular formula is C19H20Cl2N2O. The Morgan fingerprint density at radius 3 is 2.67 bits per heavy atom. The Kier molecular flexibility index (Phi) is 5.44. The van der Waals surface area contributed by atoms with Crippen LogP contribution in [0.1, 0.15) is 29.7 Å². The first-order valence-electron chi connectivity index (χ1n) is 8.06. The quantitative estimate of drug-likeness (QED) is 0.882. The lowest BCUT2D eigenvalue weighted by Crippen LogP contribution is -2.40. The second kappa shape index (κ2) is 7.56. The van der Waals surface area contributed by atoms with Crippen molar-refractivity contribution in [2.75, 3.05) is 13.1 Å². The molecular weight excluding hydrogens is 343 g/mol. The van der Waals surface area contributed by atoms with Crippen LogP contribution in [0.4, 0.5) is 0 Å². The molecule has 2 aromatic carbocycles. The molecule has 3 rings (SSSR count). The van der Waals surface area contributed by atoms with Crippen molar-refractivity contribution in [3.63, 3.8) is 0 Å². The molecule has 0 saturated heterocycles. The predicted molar refractivity (Wildman–Crippen MR) is 98.4 cm³/mol. The number of fused-ring (bicyclic) bond motifs is 1. The van der Waals surface area contributed by atoms with E-state index in [2.05, 4.69) is 34.5 Å². The van der Waals surface area contributed by atoms with Gasteiger partial charge in [0.25, 0.3) is 0 Å². The molecule has 1 heterocycles. The van der Waals surface area contributed by atoms with E-state index < -0.39 is 0 Å². The molecule has 0 unspecified atom stereocenters. The number of hydrogen-bond acceptors (Lipinski definition) is 2. The molecule has 0 saturated carbocycles. The molecule has 0 radical (unpaired) electrons. The molecule has 24 heavy (non-hydrogen) atoms. The monoisotopic (exact) mass is 362 g/mol. The lowest BCUT2D eigenvalue weighted by Gasteiger charge is -2.28. The topological polar surface area (TPSA) is 32.3 Å². The third kappa shape index (κ3) is 4.10. The molecule has 1 N–H and O–H groups in total. The minimum absolute atomic E-state index is 0.0213. The van der Waals surface area contributed by atoms with Crippen LogP contribution in [0.25, 0.3) is 0 Å². The summed E-state index contributed by atoms with van der Waals surface area (Å²) in [4.78, 5) is 14.5. The van der Waals surface area contributed by atoms with Crippen molar-refractivity contribution < 1.29 is 4.79 Å². The number of amides is 1. The number of nitrogens with zero attached hydrogens (tertiary/aromatic N) is 1. The fraction of sp³-hybridized carbons (Fsp3) is 0.316. The number of benzene rings is 2. The average Bonchev–Trinajstić information content (AvgIpc) is 2.57. The van der Waals surface area contributed by atoms with E-state index in [1.165, 1.54) is 11.1 Å². The minimum Gasteiger partial charge on any atom is -0.348 e. The summed E-state index contributed by atoms with van der Waals surface area (Å²) < 4.78 is 0. The van der Waals surface area contributed by atoms with Crippen molar-refractivity contribution in [3.05, 3.63) is 69.2 Å². The van der Waals surface area contributed by atoms with Crippen LogP contribution >= 0.6 is 23.2 Å². The number of hydrogen-bond donors (Lipinski definition) is 1. The molecule has 0 fully saturated rings. The normalized spacial score (nSPS) is 15.6. The van der Waals surface area contributed by atoms with Gasteiger partial charge in [0, 0.05) is 13.1 Å². The molecule has 1 amide bonds. The molecule has 2 aromatic rings. The summed E-state index contributed by atoms with van der Waals surface area (Å²) in [6, 6.07) is 13.8. The zero-order valence-electron chi connectivity index (χ0n) is 13.6. The second-order valence-corrected chi connectivity index (χ2v) is 7.01. The average molecular weight is 363 g/mol. The van der Waals surface area contributed by atoms with Gasteiger partial charge in [-0.2, -0.15) is 0 Å². The standard InChI is InChI=1S/C19H20Cl2N2O/c1-13(15-6-7-17(20)18(21)10-15)22-19(24)12-23-9-8-14-4-2-3-5-16(14)11-23/h2-7,10,13H,8-9,11-12H2,1H3,(H,22,24)/t13-/m1/s1. The molecule has 0 aliphatic carbocycles. The van der Waals surface area contributed by atoms with E-state index in [-0.39, 0.29) is 11.9 Å². The molecule has 1 aliphatic heterocycles. The maximum atomic E-state index is 12.3. The van der Waals surface area contributed by atoms with E-state index in [1.54, 1.807) is 12.1 Å². The van der Waals surface area contributed by atoms with Crippen LogP contribution in [0, 0.1) is 0 Å². The van der Waals surface area contributed by atoms with Gasteiger partial charge < -0.3 is 5.32 Å². The predicted octanol–water partition coefficient (Wildman–Crippen LogP) is 4.23. The summed E-state index contributed by atoms with van der Waals surface area (Å²) >= 11 is 12.0. The summed E-state index contributed by atoms with van der Waals surface area (Å²) in [7, 11) is 0. The number of carbonyl (C=O) groups excluding carboxylic acids is 1. The van der Waals surface area contributed by atoms with Gasteiger partial charge in [-0.15, -0.1) is 0 Å². The number of rotatable bonds is 4. The molecule has 1 aliphatic rings. The third-order valence-electron chi connectivity index (χ3n) is 4.40. The minimum atomic E-state index is -0.107. The summed E-state index contributed by atoms with van der Waals surface area (Å²) in [6.45, 7) is 4.08. The molecule has 0 bridgehead atoms. The Balaban J connectivity index is 1.57. The molecule has 1 atom stereocenters. The third-order valence-corrected chi connectivity index (χ3v) is 5.14. The first-order chi connectivity index (χ1) is 11.5. The first-order valence-corrected chi connectivity index (χ1v) is 8.82. The maximum Gasteiger partial charge on any atom is 0.234 e. The zero-order valence-corrected chi connectivity index (χ0v) is 15.1. The summed E-state index contributed by atoms with van der Waals surface area (Å²) in [5, 5.41) is 4.05. The number of halogens is 2. The Bertz CT molecular complexity index is 748. The fourth-order valence-electron chi connectivity index (χ4n) is 3.04. The molecule has 126 valence electrons. The molecule has 3 nitrogen and oxygen atoms in total. The van der Waals surface area contributed by atoms with Crippen LogP contribution in [-0.4, -0.2) is 23.9 Å². The van der Waals surface area contributed by atoms with Crippen molar-refractivity contribution in [3.8, 4) is 0 Å².